The van der Waals surface area contributed by atoms with Gasteiger partial charge in [0, 0.05) is 6.04 Å². The third-order valence-corrected chi connectivity index (χ3v) is 2.78. The molecule has 18 heavy (non-hydrogen) atoms. The number of nitrogens with one attached hydrogen (secondary N) is 1. The Morgan fingerprint density at radius 1 is 1.50 bits per heavy atom. The van der Waals surface area contributed by atoms with E-state index in [1.165, 1.54) is 0 Å². The number of thiocarbonyl (C=S) groups is 1. The predicted molar refractivity (Wildman–Crippen MR) is 79.1 cm³/mol. The highest BCUT2D eigenvalue weighted by Gasteiger charge is 2.18. The smallest absolute Gasteiger partial charge is 0.322 e. The molecular weight excluding hydrogens is 270 g/mol. The fraction of sp³-hybridized carbons (Fsp3) is 0.333. The first-order valence-corrected chi connectivity index (χ1v) is 6.31. The van der Waals surface area contributed by atoms with E-state index in [0.29, 0.717) is 10.7 Å². The van der Waals surface area contributed by atoms with Crippen LogP contribution in [0.2, 0.25) is 5.02 Å². The average molecular weight is 286 g/mol. The minimum Gasteiger partial charge on any atom is -0.392 e. The first-order valence-electron chi connectivity index (χ1n) is 5.52. The summed E-state index contributed by atoms with van der Waals surface area (Å²) in [6.07, 6.45) is 0. The molecule has 0 heterocycles. The summed E-state index contributed by atoms with van der Waals surface area (Å²) in [6.45, 7) is 4.03. The molecule has 0 saturated heterocycles. The van der Waals surface area contributed by atoms with Gasteiger partial charge in [-0.2, -0.15) is 0 Å². The zero-order valence-electron chi connectivity index (χ0n) is 10.3. The SMILES string of the molecule is CC(C)N(CC(N)=S)C(=O)Nc1ccccc1Cl. The highest BCUT2D eigenvalue weighted by molar-refractivity contribution is 7.80. The molecule has 1 aromatic rings. The summed E-state index contributed by atoms with van der Waals surface area (Å²) in [7, 11) is 0. The van der Waals surface area contributed by atoms with Gasteiger partial charge in [0.05, 0.1) is 22.2 Å². The van der Waals surface area contributed by atoms with E-state index in [0.717, 1.165) is 0 Å². The molecule has 0 unspecified atom stereocenters. The van der Waals surface area contributed by atoms with Gasteiger partial charge in [0.2, 0.25) is 0 Å². The number of halogens is 1. The molecule has 0 aromatic heterocycles. The summed E-state index contributed by atoms with van der Waals surface area (Å²) < 4.78 is 0. The largest absolute Gasteiger partial charge is 0.392 e. The number of carbonyl (C=O) groups is 1. The van der Waals surface area contributed by atoms with E-state index in [2.05, 4.69) is 5.32 Å². The summed E-state index contributed by atoms with van der Waals surface area (Å²) in [4.78, 5) is 13.9. The number of benzene rings is 1. The Labute approximate surface area is 117 Å². The van der Waals surface area contributed by atoms with Crippen molar-refractivity contribution < 1.29 is 4.79 Å². The van der Waals surface area contributed by atoms with Crippen LogP contribution in [-0.2, 0) is 0 Å². The lowest BCUT2D eigenvalue weighted by Crippen LogP contribution is -2.44. The van der Waals surface area contributed by atoms with Gasteiger partial charge >= 0.3 is 6.03 Å². The Balaban J connectivity index is 2.79. The van der Waals surface area contributed by atoms with Gasteiger partial charge in [-0.25, -0.2) is 4.79 Å². The highest BCUT2D eigenvalue weighted by Crippen LogP contribution is 2.21. The number of rotatable bonds is 4. The van der Waals surface area contributed by atoms with Crippen molar-refractivity contribution >= 4 is 40.5 Å². The Hall–Kier alpha value is -1.33. The zero-order valence-corrected chi connectivity index (χ0v) is 11.9. The van der Waals surface area contributed by atoms with Gasteiger partial charge in [-0.15, -0.1) is 0 Å². The summed E-state index contributed by atoms with van der Waals surface area (Å²) >= 11 is 10.8. The minimum atomic E-state index is -0.272. The molecule has 0 fully saturated rings. The van der Waals surface area contributed by atoms with E-state index in [-0.39, 0.29) is 23.6 Å². The maximum Gasteiger partial charge on any atom is 0.322 e. The van der Waals surface area contributed by atoms with Gasteiger partial charge in [0.15, 0.2) is 0 Å². The molecule has 0 aliphatic rings. The second-order valence-corrected chi connectivity index (χ2v) is 5.03. The molecule has 0 aliphatic carbocycles. The van der Waals surface area contributed by atoms with Crippen LogP contribution in [0.4, 0.5) is 10.5 Å². The molecule has 6 heteroatoms. The van der Waals surface area contributed by atoms with Crippen molar-refractivity contribution in [2.75, 3.05) is 11.9 Å². The average Bonchev–Trinajstić information content (AvgIpc) is 2.28. The van der Waals surface area contributed by atoms with Gasteiger partial charge in [-0.1, -0.05) is 36.0 Å². The predicted octanol–water partition coefficient (Wildman–Crippen LogP) is 2.87. The normalized spacial score (nSPS) is 10.2. The van der Waals surface area contributed by atoms with Crippen molar-refractivity contribution in [2.24, 2.45) is 5.73 Å². The first kappa shape index (κ1) is 14.7. The number of anilines is 1. The van der Waals surface area contributed by atoms with Crippen molar-refractivity contribution in [1.29, 1.82) is 0 Å². The highest BCUT2D eigenvalue weighted by atomic mass is 35.5. The van der Waals surface area contributed by atoms with Crippen molar-refractivity contribution in [1.82, 2.24) is 4.90 Å². The lowest BCUT2D eigenvalue weighted by Gasteiger charge is -2.26. The first-order chi connectivity index (χ1) is 8.41. The number of nitrogens with zero attached hydrogens (tertiary/aromatic N) is 1. The van der Waals surface area contributed by atoms with Crippen LogP contribution in [-0.4, -0.2) is 28.5 Å². The number of nitrogens with two attached hydrogens (primary N) is 1. The quantitative estimate of drug-likeness (QED) is 0.837. The monoisotopic (exact) mass is 285 g/mol. The molecule has 0 atom stereocenters. The van der Waals surface area contributed by atoms with Gasteiger partial charge < -0.3 is 16.0 Å². The molecule has 0 saturated carbocycles. The minimum absolute atomic E-state index is 0.00557. The Morgan fingerprint density at radius 2 is 2.11 bits per heavy atom. The third-order valence-electron chi connectivity index (χ3n) is 2.33. The maximum absolute atomic E-state index is 12.1. The standard InChI is InChI=1S/C12H16ClN3OS/c1-8(2)16(7-11(14)18)12(17)15-10-6-4-3-5-9(10)13/h3-6,8H,7H2,1-2H3,(H2,14,18)(H,15,17). The molecule has 98 valence electrons. The van der Waals surface area contributed by atoms with Crippen LogP contribution in [0.5, 0.6) is 0 Å². The molecule has 1 rings (SSSR count). The molecule has 0 spiro atoms. The van der Waals surface area contributed by atoms with E-state index in [4.69, 9.17) is 29.6 Å². The van der Waals surface area contributed by atoms with E-state index >= 15 is 0 Å². The number of urea groups is 1. The Morgan fingerprint density at radius 3 is 2.61 bits per heavy atom. The van der Waals surface area contributed by atoms with Crippen molar-refractivity contribution in [3.63, 3.8) is 0 Å². The van der Waals surface area contributed by atoms with Crippen LogP contribution in [0.1, 0.15) is 13.8 Å². The van der Waals surface area contributed by atoms with Crippen LogP contribution < -0.4 is 11.1 Å². The molecule has 3 N–H and O–H groups in total. The van der Waals surface area contributed by atoms with E-state index < -0.39 is 0 Å². The van der Waals surface area contributed by atoms with Gasteiger partial charge in [0.1, 0.15) is 0 Å². The molecule has 4 nitrogen and oxygen atoms in total. The molecule has 0 bridgehead atoms. The van der Waals surface area contributed by atoms with Crippen molar-refractivity contribution in [3.05, 3.63) is 29.3 Å². The second-order valence-electron chi connectivity index (χ2n) is 4.10. The van der Waals surface area contributed by atoms with Crippen LogP contribution in [0.15, 0.2) is 24.3 Å². The van der Waals surface area contributed by atoms with Crippen LogP contribution in [0.3, 0.4) is 0 Å². The molecule has 2 amide bonds. The number of carbonyl (C=O) groups excluding carboxylic acids is 1. The van der Waals surface area contributed by atoms with Crippen molar-refractivity contribution in [3.8, 4) is 0 Å². The number of hydrogen-bond donors (Lipinski definition) is 2. The maximum atomic E-state index is 12.1. The molecule has 0 aliphatic heterocycles. The molecule has 1 aromatic carbocycles. The Bertz CT molecular complexity index is 451. The number of para-hydroxylation sites is 1. The van der Waals surface area contributed by atoms with Crippen LogP contribution >= 0.6 is 23.8 Å². The third kappa shape index (κ3) is 4.16. The van der Waals surface area contributed by atoms with Crippen molar-refractivity contribution in [2.45, 2.75) is 19.9 Å². The van der Waals surface area contributed by atoms with Gasteiger partial charge in [0.25, 0.3) is 0 Å². The summed E-state index contributed by atoms with van der Waals surface area (Å²) in [6, 6.07) is 6.77. The van der Waals surface area contributed by atoms with Gasteiger partial charge in [-0.3, -0.25) is 0 Å². The van der Waals surface area contributed by atoms with Crippen LogP contribution in [0.25, 0.3) is 0 Å². The summed E-state index contributed by atoms with van der Waals surface area (Å²) in [5.41, 5.74) is 6.04. The van der Waals surface area contributed by atoms with E-state index in [1.54, 1.807) is 29.2 Å². The number of amides is 2. The molecular formula is C12H16ClN3OS. The second kappa shape index (κ2) is 6.56. The topological polar surface area (TPSA) is 58.4 Å². The van der Waals surface area contributed by atoms with E-state index in [9.17, 15) is 4.79 Å². The lowest BCUT2D eigenvalue weighted by atomic mass is 10.3. The number of hydrogen-bond acceptors (Lipinski definition) is 2. The fourth-order valence-electron chi connectivity index (χ4n) is 1.41. The Kier molecular flexibility index (Phi) is 5.37. The fourth-order valence-corrected chi connectivity index (χ4v) is 1.73. The van der Waals surface area contributed by atoms with E-state index in [1.807, 2.05) is 13.8 Å². The lowest BCUT2D eigenvalue weighted by molar-refractivity contribution is 0.206. The summed E-state index contributed by atoms with van der Waals surface area (Å²) in [5.74, 6) is 0. The van der Waals surface area contributed by atoms with Gasteiger partial charge in [-0.05, 0) is 26.0 Å². The van der Waals surface area contributed by atoms with Crippen LogP contribution in [0, 0.1) is 0 Å². The summed E-state index contributed by atoms with van der Waals surface area (Å²) in [5, 5.41) is 3.23. The molecule has 0 radical (unpaired) electrons. The zero-order chi connectivity index (χ0) is 13.7.